The maximum atomic E-state index is 9.09. The third-order valence-corrected chi connectivity index (χ3v) is 2.54. The Balaban J connectivity index is 2.29. The van der Waals surface area contributed by atoms with Crippen molar-refractivity contribution in [2.24, 2.45) is 11.8 Å². The average molecular weight is 156 g/mol. The molecule has 1 aliphatic heterocycles. The van der Waals surface area contributed by atoms with Gasteiger partial charge in [0.1, 0.15) is 0 Å². The van der Waals surface area contributed by atoms with Gasteiger partial charge in [-0.3, -0.25) is 0 Å². The van der Waals surface area contributed by atoms with Crippen LogP contribution in [0.3, 0.4) is 0 Å². The molecule has 1 aliphatic rings. The first-order valence-electron chi connectivity index (χ1n) is 4.42. The molecule has 0 amide bonds. The Morgan fingerprint density at radius 1 is 1.73 bits per heavy atom. The molecule has 0 aromatic rings. The van der Waals surface area contributed by atoms with Crippen LogP contribution < -0.4 is 5.32 Å². The van der Waals surface area contributed by atoms with E-state index in [1.807, 2.05) is 0 Å². The topological polar surface area (TPSA) is 32.3 Å². The second-order valence-corrected chi connectivity index (χ2v) is 3.62. The van der Waals surface area contributed by atoms with Gasteiger partial charge in [0.15, 0.2) is 0 Å². The number of hydrogen-bond donors (Lipinski definition) is 2. The molecule has 0 spiro atoms. The lowest BCUT2D eigenvalue weighted by Crippen LogP contribution is -2.36. The summed E-state index contributed by atoms with van der Waals surface area (Å²) in [4.78, 5) is 0. The molecule has 1 rings (SSSR count). The lowest BCUT2D eigenvalue weighted by Gasteiger charge is -2.30. The average Bonchev–Trinajstić information content (AvgIpc) is 1.93. The minimum Gasteiger partial charge on any atom is -0.393 e. The molecule has 0 aromatic heterocycles. The van der Waals surface area contributed by atoms with Crippen LogP contribution in [-0.4, -0.2) is 24.3 Å². The van der Waals surface area contributed by atoms with Crippen molar-refractivity contribution in [1.82, 2.24) is 5.32 Å². The van der Waals surface area contributed by atoms with Crippen molar-refractivity contribution in [3.8, 4) is 0 Å². The van der Waals surface area contributed by atoms with E-state index in [1.54, 1.807) is 0 Å². The number of aliphatic hydroxyl groups excluding tert-OH is 1. The molecule has 2 heteroatoms. The SMILES string of the molecule is [CH2]C(O)CC1CCNCC1C. The van der Waals surface area contributed by atoms with Crippen LogP contribution in [0.4, 0.5) is 0 Å². The van der Waals surface area contributed by atoms with E-state index in [4.69, 9.17) is 5.11 Å². The molecular formula is C9H18NO. The standard InChI is InChI=1S/C9H18NO/c1-7-6-10-4-3-9(7)5-8(2)11/h7-11H,2-6H2,1H3. The Morgan fingerprint density at radius 3 is 3.00 bits per heavy atom. The van der Waals surface area contributed by atoms with Crippen molar-refractivity contribution in [2.75, 3.05) is 13.1 Å². The normalized spacial score (nSPS) is 35.2. The molecule has 1 heterocycles. The summed E-state index contributed by atoms with van der Waals surface area (Å²) in [6.07, 6.45) is 1.68. The van der Waals surface area contributed by atoms with Gasteiger partial charge in [-0.15, -0.1) is 0 Å². The fourth-order valence-electron chi connectivity index (χ4n) is 1.77. The van der Waals surface area contributed by atoms with Crippen molar-refractivity contribution in [2.45, 2.75) is 25.9 Å². The van der Waals surface area contributed by atoms with E-state index >= 15 is 0 Å². The van der Waals surface area contributed by atoms with Gasteiger partial charge in [-0.2, -0.15) is 0 Å². The first-order chi connectivity index (χ1) is 5.20. The van der Waals surface area contributed by atoms with E-state index in [9.17, 15) is 0 Å². The molecule has 3 unspecified atom stereocenters. The molecule has 2 nitrogen and oxygen atoms in total. The van der Waals surface area contributed by atoms with E-state index in [2.05, 4.69) is 19.2 Å². The molecule has 0 bridgehead atoms. The Labute approximate surface area is 69.0 Å². The van der Waals surface area contributed by atoms with E-state index in [0.29, 0.717) is 11.8 Å². The summed E-state index contributed by atoms with van der Waals surface area (Å²) in [6, 6.07) is 0. The molecule has 1 radical (unpaired) electrons. The van der Waals surface area contributed by atoms with E-state index < -0.39 is 0 Å². The second-order valence-electron chi connectivity index (χ2n) is 3.62. The molecule has 0 saturated carbocycles. The lowest BCUT2D eigenvalue weighted by molar-refractivity contribution is 0.146. The zero-order valence-electron chi connectivity index (χ0n) is 7.21. The van der Waals surface area contributed by atoms with Gasteiger partial charge in [-0.1, -0.05) is 6.92 Å². The highest BCUT2D eigenvalue weighted by atomic mass is 16.3. The summed E-state index contributed by atoms with van der Waals surface area (Å²) in [5, 5.41) is 12.4. The third kappa shape index (κ3) is 2.80. The van der Waals surface area contributed by atoms with Gasteiger partial charge in [0.05, 0.1) is 6.10 Å². The lowest BCUT2D eigenvalue weighted by atomic mass is 9.84. The maximum absolute atomic E-state index is 9.09. The molecule has 0 aromatic carbocycles. The first-order valence-corrected chi connectivity index (χ1v) is 4.42. The highest BCUT2D eigenvalue weighted by Gasteiger charge is 2.21. The molecule has 1 fully saturated rings. The Hall–Kier alpha value is -0.0800. The van der Waals surface area contributed by atoms with Crippen molar-refractivity contribution >= 4 is 0 Å². The smallest absolute Gasteiger partial charge is 0.0544 e. The van der Waals surface area contributed by atoms with Gasteiger partial charge >= 0.3 is 0 Å². The van der Waals surface area contributed by atoms with Crippen LogP contribution in [-0.2, 0) is 0 Å². The van der Waals surface area contributed by atoms with Crippen LogP contribution in [0.5, 0.6) is 0 Å². The highest BCUT2D eigenvalue weighted by Crippen LogP contribution is 2.23. The Kier molecular flexibility index (Phi) is 3.34. The number of nitrogens with one attached hydrogen (secondary N) is 1. The number of rotatable bonds is 2. The van der Waals surface area contributed by atoms with E-state index in [0.717, 1.165) is 19.5 Å². The number of aliphatic hydroxyl groups is 1. The van der Waals surface area contributed by atoms with Gasteiger partial charge in [-0.25, -0.2) is 0 Å². The van der Waals surface area contributed by atoms with Gasteiger partial charge in [-0.05, 0) is 44.7 Å². The van der Waals surface area contributed by atoms with Gasteiger partial charge in [0, 0.05) is 0 Å². The van der Waals surface area contributed by atoms with Gasteiger partial charge in [0.2, 0.25) is 0 Å². The maximum Gasteiger partial charge on any atom is 0.0544 e. The molecule has 0 aliphatic carbocycles. The first kappa shape index (κ1) is 9.01. The van der Waals surface area contributed by atoms with Crippen LogP contribution in [0.2, 0.25) is 0 Å². The van der Waals surface area contributed by atoms with Crippen LogP contribution in [0.15, 0.2) is 0 Å². The number of piperidine rings is 1. The molecule has 65 valence electrons. The molecule has 2 N–H and O–H groups in total. The van der Waals surface area contributed by atoms with Crippen molar-refractivity contribution < 1.29 is 5.11 Å². The zero-order valence-corrected chi connectivity index (χ0v) is 7.21. The summed E-state index contributed by atoms with van der Waals surface area (Å²) in [5.41, 5.74) is 0. The summed E-state index contributed by atoms with van der Waals surface area (Å²) in [7, 11) is 0. The fraction of sp³-hybridized carbons (Fsp3) is 0.889. The summed E-state index contributed by atoms with van der Waals surface area (Å²) < 4.78 is 0. The second kappa shape index (κ2) is 4.07. The minimum absolute atomic E-state index is 0.374. The third-order valence-electron chi connectivity index (χ3n) is 2.54. The molecule has 11 heavy (non-hydrogen) atoms. The summed E-state index contributed by atoms with van der Waals surface area (Å²) >= 11 is 0. The summed E-state index contributed by atoms with van der Waals surface area (Å²) in [6.45, 7) is 8.03. The quantitative estimate of drug-likeness (QED) is 0.620. The zero-order chi connectivity index (χ0) is 8.27. The molecule has 3 atom stereocenters. The van der Waals surface area contributed by atoms with Gasteiger partial charge < -0.3 is 10.4 Å². The predicted octanol–water partition coefficient (Wildman–Crippen LogP) is 0.817. The van der Waals surface area contributed by atoms with E-state index in [1.165, 1.54) is 6.42 Å². The summed E-state index contributed by atoms with van der Waals surface area (Å²) in [5.74, 6) is 1.36. The molecule has 1 saturated heterocycles. The van der Waals surface area contributed by atoms with Gasteiger partial charge in [0.25, 0.3) is 0 Å². The van der Waals surface area contributed by atoms with Crippen LogP contribution >= 0.6 is 0 Å². The largest absolute Gasteiger partial charge is 0.393 e. The number of hydrogen-bond acceptors (Lipinski definition) is 2. The fourth-order valence-corrected chi connectivity index (χ4v) is 1.77. The Morgan fingerprint density at radius 2 is 2.45 bits per heavy atom. The van der Waals surface area contributed by atoms with Crippen molar-refractivity contribution in [1.29, 1.82) is 0 Å². The van der Waals surface area contributed by atoms with E-state index in [-0.39, 0.29) is 6.10 Å². The monoisotopic (exact) mass is 156 g/mol. The highest BCUT2D eigenvalue weighted by molar-refractivity contribution is 4.77. The van der Waals surface area contributed by atoms with Crippen LogP contribution in [0.25, 0.3) is 0 Å². The molecular weight excluding hydrogens is 138 g/mol. The van der Waals surface area contributed by atoms with Crippen LogP contribution in [0, 0.1) is 18.8 Å². The van der Waals surface area contributed by atoms with Crippen molar-refractivity contribution in [3.63, 3.8) is 0 Å². The van der Waals surface area contributed by atoms with Crippen molar-refractivity contribution in [3.05, 3.63) is 6.92 Å². The Bertz CT molecular complexity index is 114. The van der Waals surface area contributed by atoms with Crippen LogP contribution in [0.1, 0.15) is 19.8 Å². The minimum atomic E-state index is -0.374. The predicted molar refractivity (Wildman–Crippen MR) is 46.1 cm³/mol.